The van der Waals surface area contributed by atoms with E-state index in [9.17, 15) is 9.18 Å². The van der Waals surface area contributed by atoms with Crippen molar-refractivity contribution in [3.05, 3.63) is 34.5 Å². The molecule has 24 heavy (non-hydrogen) atoms. The van der Waals surface area contributed by atoms with Gasteiger partial charge < -0.3 is 15.8 Å². The number of ether oxygens (including phenoxy) is 1. The summed E-state index contributed by atoms with van der Waals surface area (Å²) in [5.74, 6) is -0.400. The molecular formula is C17H24ClFN2O2S. The van der Waals surface area contributed by atoms with Crippen LogP contribution in [0, 0.1) is 11.7 Å². The van der Waals surface area contributed by atoms with E-state index >= 15 is 0 Å². The summed E-state index contributed by atoms with van der Waals surface area (Å²) in [5, 5.41) is 3.47. The lowest BCUT2D eigenvalue weighted by atomic mass is 9.88. The van der Waals surface area contributed by atoms with Gasteiger partial charge in [-0.05, 0) is 25.0 Å². The molecule has 0 aliphatic heterocycles. The van der Waals surface area contributed by atoms with Gasteiger partial charge in [0.25, 0.3) is 5.91 Å². The van der Waals surface area contributed by atoms with Gasteiger partial charge in [0.1, 0.15) is 5.82 Å². The van der Waals surface area contributed by atoms with Gasteiger partial charge in [0, 0.05) is 29.3 Å². The number of nitrogens with two attached hydrogens (primary N) is 1. The van der Waals surface area contributed by atoms with E-state index in [-0.39, 0.29) is 36.7 Å². The molecule has 0 fully saturated rings. The van der Waals surface area contributed by atoms with Gasteiger partial charge in [-0.15, -0.1) is 23.7 Å². The zero-order valence-corrected chi connectivity index (χ0v) is 15.9. The molecular weight excluding hydrogens is 351 g/mol. The van der Waals surface area contributed by atoms with Crippen LogP contribution in [0.4, 0.5) is 4.39 Å². The Balaban J connectivity index is 0.00000288. The normalized spacial score (nSPS) is 13.6. The van der Waals surface area contributed by atoms with Gasteiger partial charge in [0.05, 0.1) is 17.0 Å². The van der Waals surface area contributed by atoms with Crippen molar-refractivity contribution in [2.75, 3.05) is 13.7 Å². The first kappa shape index (κ1) is 20.8. The van der Waals surface area contributed by atoms with Crippen LogP contribution in [-0.4, -0.2) is 25.1 Å². The van der Waals surface area contributed by atoms with Crippen molar-refractivity contribution in [1.82, 2.24) is 5.32 Å². The predicted molar refractivity (Wildman–Crippen MR) is 99.5 cm³/mol. The zero-order valence-electron chi connectivity index (χ0n) is 14.3. The molecule has 0 saturated heterocycles. The Morgan fingerprint density at radius 2 is 2.12 bits per heavy atom. The Hall–Kier alpha value is -1.21. The fourth-order valence-electron chi connectivity index (χ4n) is 2.38. The van der Waals surface area contributed by atoms with Gasteiger partial charge in [-0.25, -0.2) is 4.39 Å². The molecule has 2 aromatic rings. The van der Waals surface area contributed by atoms with E-state index in [0.717, 1.165) is 4.70 Å². The third kappa shape index (κ3) is 3.88. The molecule has 0 spiro atoms. The molecule has 1 amide bonds. The highest BCUT2D eigenvalue weighted by Crippen LogP contribution is 2.34. The van der Waals surface area contributed by atoms with Crippen molar-refractivity contribution in [1.29, 1.82) is 0 Å². The molecule has 0 aliphatic carbocycles. The fraction of sp³-hybridized carbons (Fsp3) is 0.471. The van der Waals surface area contributed by atoms with Crippen LogP contribution in [-0.2, 0) is 11.3 Å². The highest BCUT2D eigenvalue weighted by molar-refractivity contribution is 7.21. The number of nitrogens with one attached hydrogen (secondary N) is 1. The minimum absolute atomic E-state index is 0. The van der Waals surface area contributed by atoms with Crippen LogP contribution in [0.3, 0.4) is 0 Å². The standard InChI is InChI=1S/C17H23FN2O2S.ClH/c1-10(2)17(3,9-19)20-16(21)15-11(8-22-4)14-12(18)6-5-7-13(14)23-15;/h5-7,10H,8-9,19H2,1-4H3,(H,20,21);1H. The summed E-state index contributed by atoms with van der Waals surface area (Å²) in [5.41, 5.74) is 5.91. The Kier molecular flexibility index (Phi) is 7.16. The number of methoxy groups -OCH3 is 1. The molecule has 4 nitrogen and oxygen atoms in total. The number of thiophene rings is 1. The van der Waals surface area contributed by atoms with Crippen molar-refractivity contribution < 1.29 is 13.9 Å². The Labute approximate surface area is 152 Å². The number of amides is 1. The molecule has 7 heteroatoms. The van der Waals surface area contributed by atoms with Crippen LogP contribution in [0.25, 0.3) is 10.1 Å². The van der Waals surface area contributed by atoms with Gasteiger partial charge in [-0.1, -0.05) is 19.9 Å². The molecule has 3 N–H and O–H groups in total. The first-order valence-electron chi connectivity index (χ1n) is 7.55. The number of carbonyl (C=O) groups is 1. The highest BCUT2D eigenvalue weighted by Gasteiger charge is 2.31. The molecule has 1 unspecified atom stereocenters. The fourth-order valence-corrected chi connectivity index (χ4v) is 3.50. The van der Waals surface area contributed by atoms with E-state index in [1.807, 2.05) is 26.8 Å². The lowest BCUT2D eigenvalue weighted by Gasteiger charge is -2.33. The highest BCUT2D eigenvalue weighted by atomic mass is 35.5. The second kappa shape index (κ2) is 8.25. The van der Waals surface area contributed by atoms with Crippen molar-refractivity contribution in [3.8, 4) is 0 Å². The Morgan fingerprint density at radius 3 is 2.67 bits per heavy atom. The summed E-state index contributed by atoms with van der Waals surface area (Å²) in [6, 6.07) is 4.85. The maximum atomic E-state index is 14.2. The maximum Gasteiger partial charge on any atom is 0.262 e. The molecule has 1 atom stereocenters. The number of benzene rings is 1. The quantitative estimate of drug-likeness (QED) is 0.810. The number of rotatable bonds is 6. The van der Waals surface area contributed by atoms with E-state index in [1.165, 1.54) is 24.5 Å². The van der Waals surface area contributed by atoms with Gasteiger partial charge in [0.2, 0.25) is 0 Å². The summed E-state index contributed by atoms with van der Waals surface area (Å²) < 4.78 is 20.1. The van der Waals surface area contributed by atoms with E-state index in [4.69, 9.17) is 10.5 Å². The second-order valence-corrected chi connectivity index (χ2v) is 7.24. The minimum atomic E-state index is -0.518. The van der Waals surface area contributed by atoms with E-state index in [0.29, 0.717) is 22.4 Å². The second-order valence-electron chi connectivity index (χ2n) is 6.19. The average molecular weight is 375 g/mol. The van der Waals surface area contributed by atoms with Crippen molar-refractivity contribution in [2.24, 2.45) is 11.7 Å². The molecule has 0 bridgehead atoms. The van der Waals surface area contributed by atoms with E-state index < -0.39 is 5.54 Å². The maximum absolute atomic E-state index is 14.2. The lowest BCUT2D eigenvalue weighted by Crippen LogP contribution is -2.55. The van der Waals surface area contributed by atoms with Crippen LogP contribution in [0.1, 0.15) is 36.0 Å². The lowest BCUT2D eigenvalue weighted by molar-refractivity contribution is 0.0883. The van der Waals surface area contributed by atoms with Crippen molar-refractivity contribution in [3.63, 3.8) is 0 Å². The van der Waals surface area contributed by atoms with Gasteiger partial charge >= 0.3 is 0 Å². The molecule has 0 radical (unpaired) electrons. The summed E-state index contributed by atoms with van der Waals surface area (Å²) >= 11 is 1.28. The number of halogens is 2. The van der Waals surface area contributed by atoms with Gasteiger partial charge in [-0.2, -0.15) is 0 Å². The molecule has 0 aliphatic rings. The average Bonchev–Trinajstić information content (AvgIpc) is 2.87. The Morgan fingerprint density at radius 1 is 1.46 bits per heavy atom. The number of carbonyl (C=O) groups excluding carboxylic acids is 1. The molecule has 134 valence electrons. The van der Waals surface area contributed by atoms with Crippen LogP contribution >= 0.6 is 23.7 Å². The molecule has 1 aromatic heterocycles. The van der Waals surface area contributed by atoms with Crippen molar-refractivity contribution in [2.45, 2.75) is 32.9 Å². The van der Waals surface area contributed by atoms with E-state index in [2.05, 4.69) is 5.32 Å². The summed E-state index contributed by atoms with van der Waals surface area (Å²) in [6.45, 7) is 6.45. The van der Waals surface area contributed by atoms with Crippen LogP contribution in [0.15, 0.2) is 18.2 Å². The number of fused-ring (bicyclic) bond motifs is 1. The topological polar surface area (TPSA) is 64.3 Å². The molecule has 0 saturated carbocycles. The van der Waals surface area contributed by atoms with Crippen LogP contribution in [0.5, 0.6) is 0 Å². The summed E-state index contributed by atoms with van der Waals surface area (Å²) in [7, 11) is 1.53. The minimum Gasteiger partial charge on any atom is -0.380 e. The van der Waals surface area contributed by atoms with Crippen LogP contribution < -0.4 is 11.1 Å². The molecule has 2 rings (SSSR count). The predicted octanol–water partition coefficient (Wildman–Crippen LogP) is 3.71. The smallest absolute Gasteiger partial charge is 0.262 e. The Bertz CT molecular complexity index is 720. The third-order valence-corrected chi connectivity index (χ3v) is 5.55. The molecule has 1 aromatic carbocycles. The molecule has 1 heterocycles. The largest absolute Gasteiger partial charge is 0.380 e. The summed E-state index contributed by atoms with van der Waals surface area (Å²) in [6.07, 6.45) is 0. The van der Waals surface area contributed by atoms with Crippen molar-refractivity contribution >= 4 is 39.7 Å². The van der Waals surface area contributed by atoms with E-state index in [1.54, 1.807) is 6.07 Å². The zero-order chi connectivity index (χ0) is 17.2. The van der Waals surface area contributed by atoms with Gasteiger partial charge in [0.15, 0.2) is 0 Å². The first-order chi connectivity index (χ1) is 10.8. The monoisotopic (exact) mass is 374 g/mol. The SMILES string of the molecule is COCc1c(C(=O)NC(C)(CN)C(C)C)sc2cccc(F)c12.Cl. The first-order valence-corrected chi connectivity index (χ1v) is 8.37. The third-order valence-electron chi connectivity index (χ3n) is 4.36. The number of hydrogen-bond donors (Lipinski definition) is 2. The number of hydrogen-bond acceptors (Lipinski definition) is 4. The van der Waals surface area contributed by atoms with Crippen LogP contribution in [0.2, 0.25) is 0 Å². The summed E-state index contributed by atoms with van der Waals surface area (Å²) in [4.78, 5) is 13.2. The van der Waals surface area contributed by atoms with Gasteiger partial charge in [-0.3, -0.25) is 4.79 Å².